The minimum Gasteiger partial charge on any atom is -0.391 e. The Bertz CT molecular complexity index is 1090. The molecule has 1 aliphatic heterocycles. The number of aryl methyl sites for hydroxylation is 1. The Kier molecular flexibility index (Phi) is 4.61. The molecular weight excluding hydrogens is 332 g/mol. The Morgan fingerprint density at radius 2 is 1.85 bits per heavy atom. The zero-order valence-corrected chi connectivity index (χ0v) is 15.6. The van der Waals surface area contributed by atoms with E-state index in [1.54, 1.807) is 0 Å². The second-order valence-electron chi connectivity index (χ2n) is 6.78. The first-order valence-corrected chi connectivity index (χ1v) is 9.09. The first-order chi connectivity index (χ1) is 13.2. The molecule has 0 amide bonds. The van der Waals surface area contributed by atoms with Gasteiger partial charge in [0.15, 0.2) is 6.20 Å². The van der Waals surface area contributed by atoms with Crippen LogP contribution in [0.2, 0.25) is 0 Å². The van der Waals surface area contributed by atoms with Crippen molar-refractivity contribution in [3.05, 3.63) is 95.8 Å². The smallest absolute Gasteiger partial charge is 0.212 e. The maximum atomic E-state index is 9.83. The van der Waals surface area contributed by atoms with Crippen molar-refractivity contribution in [1.82, 2.24) is 0 Å². The van der Waals surface area contributed by atoms with Crippen molar-refractivity contribution in [2.75, 3.05) is 11.9 Å². The number of pyridine rings is 1. The van der Waals surface area contributed by atoms with Crippen molar-refractivity contribution in [3.63, 3.8) is 0 Å². The third-order valence-electron chi connectivity index (χ3n) is 5.05. The van der Waals surface area contributed by atoms with E-state index in [2.05, 4.69) is 83.4 Å². The molecule has 0 spiro atoms. The summed E-state index contributed by atoms with van der Waals surface area (Å²) in [4.78, 5) is 2.13. The summed E-state index contributed by atoms with van der Waals surface area (Å²) in [6, 6.07) is 16.7. The van der Waals surface area contributed by atoms with Crippen LogP contribution in [0.3, 0.4) is 0 Å². The average molecular weight is 355 g/mol. The van der Waals surface area contributed by atoms with Gasteiger partial charge in [-0.3, -0.25) is 0 Å². The van der Waals surface area contributed by atoms with Crippen molar-refractivity contribution in [1.29, 1.82) is 0 Å². The normalized spacial score (nSPS) is 15.1. The highest BCUT2D eigenvalue weighted by molar-refractivity contribution is 5.89. The summed E-state index contributed by atoms with van der Waals surface area (Å²) >= 11 is 0. The lowest BCUT2D eigenvalue weighted by Gasteiger charge is -2.23. The van der Waals surface area contributed by atoms with E-state index >= 15 is 0 Å². The molecule has 0 aliphatic carbocycles. The fourth-order valence-corrected chi connectivity index (χ4v) is 3.66. The van der Waals surface area contributed by atoms with Gasteiger partial charge in [-0.2, -0.15) is 0 Å². The number of aromatic nitrogens is 1. The van der Waals surface area contributed by atoms with Crippen LogP contribution in [0.25, 0.3) is 22.6 Å². The number of hydrogen-bond acceptors (Lipinski definition) is 2. The van der Waals surface area contributed by atoms with Crippen LogP contribution in [0.5, 0.6) is 0 Å². The molecule has 134 valence electrons. The van der Waals surface area contributed by atoms with Crippen LogP contribution in [0, 0.1) is 0 Å². The summed E-state index contributed by atoms with van der Waals surface area (Å²) in [5.74, 6) is 0. The third-order valence-corrected chi connectivity index (χ3v) is 5.05. The van der Waals surface area contributed by atoms with Gasteiger partial charge in [0, 0.05) is 36.1 Å². The minimum absolute atomic E-state index is 0.0163. The number of para-hydroxylation sites is 2. The molecule has 3 nitrogen and oxygen atoms in total. The van der Waals surface area contributed by atoms with Crippen molar-refractivity contribution < 1.29 is 9.67 Å². The summed E-state index contributed by atoms with van der Waals surface area (Å²) < 4.78 is 2.06. The lowest BCUT2D eigenvalue weighted by molar-refractivity contribution is -0.645. The molecule has 3 heteroatoms. The molecule has 0 atom stereocenters. The van der Waals surface area contributed by atoms with Gasteiger partial charge in [0.05, 0.1) is 12.0 Å². The topological polar surface area (TPSA) is 27.3 Å². The maximum absolute atomic E-state index is 9.83. The number of nitrogens with zero attached hydrogens (tertiary/aromatic N) is 2. The maximum Gasteiger partial charge on any atom is 0.212 e. The second-order valence-corrected chi connectivity index (χ2v) is 6.78. The average Bonchev–Trinajstić information content (AvgIpc) is 2.71. The van der Waals surface area contributed by atoms with Gasteiger partial charge in [0.25, 0.3) is 0 Å². The van der Waals surface area contributed by atoms with E-state index in [0.717, 1.165) is 22.0 Å². The predicted molar refractivity (Wildman–Crippen MR) is 112 cm³/mol. The number of benzene rings is 2. The van der Waals surface area contributed by atoms with E-state index in [9.17, 15) is 5.11 Å². The Hall–Kier alpha value is -3.17. The Balaban J connectivity index is 1.77. The molecule has 2 aromatic carbocycles. The van der Waals surface area contributed by atoms with Crippen LogP contribution < -0.4 is 9.47 Å². The van der Waals surface area contributed by atoms with Crippen molar-refractivity contribution in [2.24, 2.45) is 7.05 Å². The lowest BCUT2D eigenvalue weighted by atomic mass is 9.99. The van der Waals surface area contributed by atoms with Crippen LogP contribution in [-0.2, 0) is 13.7 Å². The molecule has 0 saturated carbocycles. The van der Waals surface area contributed by atoms with Crippen LogP contribution in [0.4, 0.5) is 5.69 Å². The summed E-state index contributed by atoms with van der Waals surface area (Å²) in [6.07, 6.45) is 12.5. The van der Waals surface area contributed by atoms with E-state index in [0.29, 0.717) is 0 Å². The molecule has 1 N–H and O–H groups in total. The zero-order valence-electron chi connectivity index (χ0n) is 15.6. The molecule has 4 rings (SSSR count). The lowest BCUT2D eigenvalue weighted by Crippen LogP contribution is -2.29. The fourth-order valence-electron chi connectivity index (χ4n) is 3.66. The molecule has 2 heterocycles. The SMILES string of the molecule is CN1C=CC(=CC=Cc2c(CO)c[n+](C)c3ccccc23)c2ccccc21. The van der Waals surface area contributed by atoms with Gasteiger partial charge >= 0.3 is 0 Å². The number of rotatable bonds is 3. The molecule has 0 radical (unpaired) electrons. The Morgan fingerprint density at radius 1 is 1.07 bits per heavy atom. The fraction of sp³-hybridized carbons (Fsp3) is 0.125. The monoisotopic (exact) mass is 355 g/mol. The van der Waals surface area contributed by atoms with E-state index in [-0.39, 0.29) is 6.61 Å². The van der Waals surface area contributed by atoms with Crippen LogP contribution >= 0.6 is 0 Å². The van der Waals surface area contributed by atoms with Gasteiger partial charge in [0.1, 0.15) is 7.05 Å². The van der Waals surface area contributed by atoms with Crippen LogP contribution in [0.15, 0.2) is 79.2 Å². The molecule has 1 aromatic heterocycles. The number of hydrogen-bond donors (Lipinski definition) is 1. The highest BCUT2D eigenvalue weighted by Crippen LogP contribution is 2.31. The molecule has 0 saturated heterocycles. The van der Waals surface area contributed by atoms with Gasteiger partial charge in [-0.15, -0.1) is 0 Å². The third kappa shape index (κ3) is 3.18. The standard InChI is InChI=1S/C24H23N2O/c1-25-15-14-18(21-9-3-5-12-23(21)25)8-7-11-20-19(17-27)16-26(2)24-13-6-4-10-22(20)24/h3-16,27H,17H2,1-2H3/q+1. The number of aliphatic hydroxyl groups excluding tert-OH is 1. The molecule has 0 fully saturated rings. The summed E-state index contributed by atoms with van der Waals surface area (Å²) in [5, 5.41) is 11.0. The molecule has 3 aromatic rings. The number of allylic oxidation sites excluding steroid dienone is 4. The van der Waals surface area contributed by atoms with Gasteiger partial charge in [-0.25, -0.2) is 4.57 Å². The van der Waals surface area contributed by atoms with E-state index in [1.807, 2.05) is 25.4 Å². The molecular formula is C24H23N2O+. The van der Waals surface area contributed by atoms with Crippen molar-refractivity contribution >= 4 is 28.2 Å². The largest absolute Gasteiger partial charge is 0.391 e. The number of anilines is 1. The molecule has 1 aliphatic rings. The van der Waals surface area contributed by atoms with E-state index in [1.165, 1.54) is 16.8 Å². The van der Waals surface area contributed by atoms with Crippen molar-refractivity contribution in [3.8, 4) is 0 Å². The van der Waals surface area contributed by atoms with E-state index in [4.69, 9.17) is 0 Å². The minimum atomic E-state index is 0.0163. The highest BCUT2D eigenvalue weighted by atomic mass is 16.3. The van der Waals surface area contributed by atoms with Crippen molar-refractivity contribution in [2.45, 2.75) is 6.61 Å². The Labute approximate surface area is 159 Å². The highest BCUT2D eigenvalue weighted by Gasteiger charge is 2.14. The predicted octanol–water partition coefficient (Wildman–Crippen LogP) is 4.22. The van der Waals surface area contributed by atoms with Gasteiger partial charge in [-0.05, 0) is 29.3 Å². The molecule has 0 unspecified atom stereocenters. The summed E-state index contributed by atoms with van der Waals surface area (Å²) in [5.41, 5.74) is 6.73. The van der Waals surface area contributed by atoms with Crippen LogP contribution in [-0.4, -0.2) is 12.2 Å². The van der Waals surface area contributed by atoms with Gasteiger partial charge in [0.2, 0.25) is 5.52 Å². The molecule has 27 heavy (non-hydrogen) atoms. The second kappa shape index (κ2) is 7.22. The summed E-state index contributed by atoms with van der Waals surface area (Å²) in [7, 11) is 4.07. The first kappa shape index (κ1) is 17.3. The number of fused-ring (bicyclic) bond motifs is 2. The van der Waals surface area contributed by atoms with Gasteiger partial charge < -0.3 is 10.0 Å². The quantitative estimate of drug-likeness (QED) is 0.713. The first-order valence-electron chi connectivity index (χ1n) is 9.09. The summed E-state index contributed by atoms with van der Waals surface area (Å²) in [6.45, 7) is 0.0163. The Morgan fingerprint density at radius 3 is 2.70 bits per heavy atom. The molecule has 0 bridgehead atoms. The van der Waals surface area contributed by atoms with E-state index < -0.39 is 0 Å². The van der Waals surface area contributed by atoms with Gasteiger partial charge in [-0.1, -0.05) is 48.6 Å². The zero-order chi connectivity index (χ0) is 18.8. The number of aliphatic hydroxyl groups is 1. The van der Waals surface area contributed by atoms with Crippen LogP contribution in [0.1, 0.15) is 16.7 Å².